The van der Waals surface area contributed by atoms with Crippen molar-refractivity contribution in [1.29, 1.82) is 0 Å². The SMILES string of the molecule is c1ccc(-c2cc(-c3cccc4c3oc3ccccc34)nc3c2ccc2c(-c4cccc([Si](c5ccccc5)(c5ccccc5)c5cccc(-c6cc(-c7ccccn7)nc7c6ccc6c(-c8ccccc8)cc(-c8cccc9c8oc8ccccc89)nc67)c5)c4)cc(-c4ccccn4)nc23)cc1. The van der Waals surface area contributed by atoms with E-state index in [9.17, 15) is 0 Å². The smallest absolute Gasteiger partial charge is 0.179 e. The maximum absolute atomic E-state index is 6.73. The molecule has 480 valence electrons. The van der Waals surface area contributed by atoms with Crippen LogP contribution in [-0.2, 0) is 0 Å². The van der Waals surface area contributed by atoms with Crippen LogP contribution < -0.4 is 20.7 Å². The molecule has 103 heavy (non-hydrogen) atoms. The first-order valence-electron chi connectivity index (χ1n) is 34.7. The van der Waals surface area contributed by atoms with Gasteiger partial charge in [0.2, 0.25) is 0 Å². The number of rotatable bonds is 12. The molecule has 0 bridgehead atoms. The molecular weight excluding hydrogens is 1270 g/mol. The number of hydrogen-bond donors (Lipinski definition) is 0. The fourth-order valence-electron chi connectivity index (χ4n) is 15.8. The molecule has 0 saturated heterocycles. The zero-order chi connectivity index (χ0) is 68.0. The molecular formula is C94H58N6O2Si. The lowest BCUT2D eigenvalue weighted by atomic mass is 9.94. The van der Waals surface area contributed by atoms with Gasteiger partial charge in [-0.2, -0.15) is 0 Å². The Morgan fingerprint density at radius 2 is 0.524 bits per heavy atom. The van der Waals surface area contributed by atoms with E-state index >= 15 is 0 Å². The van der Waals surface area contributed by atoms with Gasteiger partial charge in [0.05, 0.1) is 56.2 Å². The molecule has 0 unspecified atom stereocenters. The summed E-state index contributed by atoms with van der Waals surface area (Å²) >= 11 is 0. The minimum atomic E-state index is -3.35. The lowest BCUT2D eigenvalue weighted by Crippen LogP contribution is -2.74. The third-order valence-corrected chi connectivity index (χ3v) is 25.3. The van der Waals surface area contributed by atoms with Crippen LogP contribution in [0.2, 0.25) is 0 Å². The van der Waals surface area contributed by atoms with E-state index in [2.05, 4.69) is 279 Å². The summed E-state index contributed by atoms with van der Waals surface area (Å²) in [6.07, 6.45) is 3.68. The standard InChI is InChI=1S/C94H58N6O2Si/c1-5-25-59(26-6-1)77-55-83(75-41-23-39-73-67-37-13-15-45-87(67)101-93(73)75)97-89-69(77)47-49-71-79(57-85(99-91(71)89)81-43-17-19-51-95-81)61-29-21-35-65(53-61)103(63-31-9-3-10-32-63,64-33-11-4-12-34-64)66-36-22-30-62(54-66)80-58-86(82-44-18-20-52-96-82)100-92-72(80)50-48-70-78(60-27-7-2-8-28-60)56-84(98-90(70)92)76-42-24-40-74-68-38-14-16-46-88(68)102-94(74)76/h1-58H. The fraction of sp³-hybridized carbons (Fsp3) is 0. The van der Waals surface area contributed by atoms with Crippen molar-refractivity contribution in [3.8, 4) is 89.8 Å². The Hall–Kier alpha value is -13.6. The Bertz CT molecular complexity index is 6320. The summed E-state index contributed by atoms with van der Waals surface area (Å²) in [7, 11) is -3.35. The van der Waals surface area contributed by atoms with Gasteiger partial charge in [-0.3, -0.25) is 9.97 Å². The monoisotopic (exact) mass is 1330 g/mol. The molecule has 8 aromatic heterocycles. The summed E-state index contributed by atoms with van der Waals surface area (Å²) in [5, 5.41) is 13.0. The Labute approximate surface area is 593 Å². The van der Waals surface area contributed by atoms with Crippen LogP contribution in [0, 0.1) is 0 Å². The molecule has 0 saturated carbocycles. The van der Waals surface area contributed by atoms with Crippen molar-refractivity contribution in [3.63, 3.8) is 0 Å². The van der Waals surface area contributed by atoms with Crippen LogP contribution in [-0.4, -0.2) is 38.0 Å². The molecule has 0 amide bonds. The Kier molecular flexibility index (Phi) is 14.1. The van der Waals surface area contributed by atoms with Crippen molar-refractivity contribution < 1.29 is 8.83 Å². The Morgan fingerprint density at radius 3 is 0.932 bits per heavy atom. The number of aromatic nitrogens is 6. The van der Waals surface area contributed by atoms with Crippen molar-refractivity contribution >= 4 is 116 Å². The van der Waals surface area contributed by atoms with Gasteiger partial charge in [0.1, 0.15) is 22.3 Å². The molecule has 0 fully saturated rings. The third-order valence-electron chi connectivity index (χ3n) is 20.5. The number of benzene rings is 12. The lowest BCUT2D eigenvalue weighted by molar-refractivity contribution is 0.669. The molecule has 0 aliphatic rings. The highest BCUT2D eigenvalue weighted by Crippen LogP contribution is 2.45. The highest BCUT2D eigenvalue weighted by molar-refractivity contribution is 7.20. The highest BCUT2D eigenvalue weighted by atomic mass is 28.3. The van der Waals surface area contributed by atoms with E-state index in [1.807, 2.05) is 73.1 Å². The average molecular weight is 1330 g/mol. The van der Waals surface area contributed by atoms with Crippen molar-refractivity contribution in [3.05, 3.63) is 352 Å². The van der Waals surface area contributed by atoms with Gasteiger partial charge in [-0.15, -0.1) is 0 Å². The number of hydrogen-bond acceptors (Lipinski definition) is 8. The molecule has 0 aliphatic carbocycles. The molecule has 0 atom stereocenters. The molecule has 20 rings (SSSR count). The minimum Gasteiger partial charge on any atom is -0.455 e. The van der Waals surface area contributed by atoms with Gasteiger partial charge in [-0.05, 0) is 138 Å². The van der Waals surface area contributed by atoms with E-state index in [4.69, 9.17) is 38.7 Å². The van der Waals surface area contributed by atoms with E-state index in [-0.39, 0.29) is 0 Å². The normalized spacial score (nSPS) is 11.9. The van der Waals surface area contributed by atoms with E-state index in [0.29, 0.717) is 0 Å². The van der Waals surface area contributed by atoms with Crippen LogP contribution in [0.4, 0.5) is 0 Å². The predicted octanol–water partition coefficient (Wildman–Crippen LogP) is 21.2. The maximum Gasteiger partial charge on any atom is 0.179 e. The van der Waals surface area contributed by atoms with Crippen molar-refractivity contribution in [2.45, 2.75) is 0 Å². The van der Waals surface area contributed by atoms with Gasteiger partial charge < -0.3 is 8.83 Å². The fourth-order valence-corrected chi connectivity index (χ4v) is 20.6. The first-order valence-corrected chi connectivity index (χ1v) is 36.7. The summed E-state index contributed by atoms with van der Waals surface area (Å²) in [4.78, 5) is 32.6. The van der Waals surface area contributed by atoms with Gasteiger partial charge in [0.25, 0.3) is 0 Å². The molecule has 20 aromatic rings. The zero-order valence-electron chi connectivity index (χ0n) is 55.5. The summed E-state index contributed by atoms with van der Waals surface area (Å²) < 4.78 is 13.5. The van der Waals surface area contributed by atoms with Crippen molar-refractivity contribution in [2.75, 3.05) is 0 Å². The quantitative estimate of drug-likeness (QED) is 0.0677. The molecule has 8 heterocycles. The number of pyridine rings is 6. The molecule has 0 aliphatic heterocycles. The van der Waals surface area contributed by atoms with Crippen LogP contribution in [0.3, 0.4) is 0 Å². The van der Waals surface area contributed by atoms with Gasteiger partial charge >= 0.3 is 0 Å². The summed E-state index contributed by atoms with van der Waals surface area (Å²) in [6, 6.07) is 121. The number of fused-ring (bicyclic) bond motifs is 12. The van der Waals surface area contributed by atoms with Crippen LogP contribution in [0.1, 0.15) is 0 Å². The zero-order valence-corrected chi connectivity index (χ0v) is 56.5. The first kappa shape index (κ1) is 59.5. The minimum absolute atomic E-state index is 0.741. The van der Waals surface area contributed by atoms with E-state index < -0.39 is 8.07 Å². The van der Waals surface area contributed by atoms with Gasteiger partial charge in [-0.1, -0.05) is 267 Å². The Morgan fingerprint density at radius 1 is 0.204 bits per heavy atom. The van der Waals surface area contributed by atoms with Gasteiger partial charge in [0.15, 0.2) is 8.07 Å². The van der Waals surface area contributed by atoms with E-state index in [1.54, 1.807) is 0 Å². The number of para-hydroxylation sites is 4. The molecule has 0 N–H and O–H groups in total. The summed E-state index contributed by atoms with van der Waals surface area (Å²) in [5.41, 5.74) is 21.1. The molecule has 0 radical (unpaired) electrons. The lowest BCUT2D eigenvalue weighted by Gasteiger charge is -2.35. The second-order valence-corrected chi connectivity index (χ2v) is 30.1. The Balaban J connectivity index is 0.817. The second kappa shape index (κ2) is 24.4. The second-order valence-electron chi connectivity index (χ2n) is 26.3. The largest absolute Gasteiger partial charge is 0.455 e. The number of nitrogens with zero attached hydrogens (tertiary/aromatic N) is 6. The predicted molar refractivity (Wildman–Crippen MR) is 425 cm³/mol. The van der Waals surface area contributed by atoms with Crippen LogP contribution in [0.25, 0.3) is 177 Å². The topological polar surface area (TPSA) is 104 Å². The summed E-state index contributed by atoms with van der Waals surface area (Å²) in [6.45, 7) is 0. The van der Waals surface area contributed by atoms with E-state index in [1.165, 1.54) is 20.7 Å². The van der Waals surface area contributed by atoms with Crippen molar-refractivity contribution in [2.24, 2.45) is 0 Å². The van der Waals surface area contributed by atoms with Gasteiger partial charge in [-0.25, -0.2) is 19.9 Å². The highest BCUT2D eigenvalue weighted by Gasteiger charge is 2.42. The number of furan rings is 2. The van der Waals surface area contributed by atoms with Crippen LogP contribution >= 0.6 is 0 Å². The van der Waals surface area contributed by atoms with Crippen molar-refractivity contribution in [1.82, 2.24) is 29.9 Å². The molecule has 8 nitrogen and oxygen atoms in total. The summed E-state index contributed by atoms with van der Waals surface area (Å²) in [5.74, 6) is 0. The third kappa shape index (κ3) is 9.88. The average Bonchev–Trinajstić information content (AvgIpc) is 0.756. The maximum atomic E-state index is 6.73. The van der Waals surface area contributed by atoms with E-state index in [0.717, 1.165) is 177 Å². The molecule has 12 aromatic carbocycles. The van der Waals surface area contributed by atoms with Crippen LogP contribution in [0.15, 0.2) is 361 Å². The van der Waals surface area contributed by atoms with Gasteiger partial charge in [0, 0.05) is 66.6 Å². The van der Waals surface area contributed by atoms with Crippen LogP contribution in [0.5, 0.6) is 0 Å². The molecule has 0 spiro atoms. The first-order chi connectivity index (χ1) is 51.1. The molecule has 9 heteroatoms.